The van der Waals surface area contributed by atoms with Gasteiger partial charge in [-0.3, -0.25) is 4.98 Å². The quantitative estimate of drug-likeness (QED) is 0.584. The average Bonchev–Trinajstić information content (AvgIpc) is 1.91. The summed E-state index contributed by atoms with van der Waals surface area (Å²) in [5.41, 5.74) is 1.08. The summed E-state index contributed by atoms with van der Waals surface area (Å²) in [6.07, 6.45) is 5.42. The van der Waals surface area contributed by atoms with Gasteiger partial charge in [0.05, 0.1) is 0 Å². The summed E-state index contributed by atoms with van der Waals surface area (Å²) >= 11 is 3.92. The topological polar surface area (TPSA) is 12.9 Å². The van der Waals surface area contributed by atoms with Crippen molar-refractivity contribution in [2.75, 3.05) is 0 Å². The van der Waals surface area contributed by atoms with Gasteiger partial charge >= 0.3 is 0 Å². The molecule has 1 aromatic rings. The molecule has 46 valence electrons. The molecule has 0 bridgehead atoms. The van der Waals surface area contributed by atoms with E-state index in [0.717, 1.165) is 5.56 Å². The van der Waals surface area contributed by atoms with Gasteiger partial charge in [0.2, 0.25) is 0 Å². The summed E-state index contributed by atoms with van der Waals surface area (Å²) in [6.45, 7) is 0. The van der Waals surface area contributed by atoms with Gasteiger partial charge in [-0.1, -0.05) is 6.07 Å². The highest BCUT2D eigenvalue weighted by molar-refractivity contribution is 7.83. The summed E-state index contributed by atoms with van der Waals surface area (Å²) < 4.78 is 0. The van der Waals surface area contributed by atoms with Crippen molar-refractivity contribution >= 4 is 18.7 Å². The molecule has 0 aliphatic carbocycles. The average molecular weight is 137 g/mol. The van der Waals surface area contributed by atoms with E-state index < -0.39 is 0 Å². The lowest BCUT2D eigenvalue weighted by atomic mass is 10.3. The molecule has 0 fully saturated rings. The van der Waals surface area contributed by atoms with Gasteiger partial charge in [0, 0.05) is 12.4 Å². The minimum absolute atomic E-state index is 1.08. The van der Waals surface area contributed by atoms with E-state index >= 15 is 0 Å². The van der Waals surface area contributed by atoms with Crippen LogP contribution >= 0.6 is 12.6 Å². The molecule has 0 saturated carbocycles. The minimum Gasteiger partial charge on any atom is -0.264 e. The number of thiol groups is 1. The number of hydrogen-bond acceptors (Lipinski definition) is 2. The maximum absolute atomic E-state index is 3.92. The van der Waals surface area contributed by atoms with E-state index in [9.17, 15) is 0 Å². The molecule has 0 unspecified atom stereocenters. The Morgan fingerprint density at radius 1 is 1.56 bits per heavy atom. The van der Waals surface area contributed by atoms with Crippen molar-refractivity contribution in [3.63, 3.8) is 0 Å². The van der Waals surface area contributed by atoms with Crippen molar-refractivity contribution in [3.8, 4) is 0 Å². The van der Waals surface area contributed by atoms with Crippen molar-refractivity contribution in [1.82, 2.24) is 4.98 Å². The van der Waals surface area contributed by atoms with Crippen molar-refractivity contribution in [2.24, 2.45) is 0 Å². The largest absolute Gasteiger partial charge is 0.264 e. The van der Waals surface area contributed by atoms with Gasteiger partial charge in [0.1, 0.15) is 0 Å². The number of pyridine rings is 1. The van der Waals surface area contributed by atoms with Crippen molar-refractivity contribution < 1.29 is 0 Å². The van der Waals surface area contributed by atoms with E-state index in [1.807, 2.05) is 18.2 Å². The molecular formula is C7H7NS. The molecule has 0 aliphatic rings. The Bertz CT molecular complexity index is 193. The highest BCUT2D eigenvalue weighted by Crippen LogP contribution is 1.98. The first-order chi connectivity index (χ1) is 4.43. The van der Waals surface area contributed by atoms with Gasteiger partial charge < -0.3 is 0 Å². The van der Waals surface area contributed by atoms with Crippen molar-refractivity contribution in [2.45, 2.75) is 0 Å². The van der Waals surface area contributed by atoms with E-state index in [1.165, 1.54) is 0 Å². The van der Waals surface area contributed by atoms with Gasteiger partial charge in [0.25, 0.3) is 0 Å². The molecule has 2 heteroatoms. The Kier molecular flexibility index (Phi) is 2.33. The van der Waals surface area contributed by atoms with Crippen LogP contribution in [0.15, 0.2) is 29.9 Å². The predicted molar refractivity (Wildman–Crippen MR) is 42.3 cm³/mol. The highest BCUT2D eigenvalue weighted by atomic mass is 32.1. The summed E-state index contributed by atoms with van der Waals surface area (Å²) in [4.78, 5) is 3.92. The SMILES string of the molecule is SC=Cc1cccnc1. The molecule has 0 N–H and O–H groups in total. The standard InChI is InChI=1S/C7H7NS/c9-5-3-7-2-1-4-8-6-7/h1-6,9H. The number of rotatable bonds is 1. The van der Waals surface area contributed by atoms with Gasteiger partial charge in [0.15, 0.2) is 0 Å². The number of hydrogen-bond donors (Lipinski definition) is 1. The molecule has 1 nitrogen and oxygen atoms in total. The van der Waals surface area contributed by atoms with Crippen LogP contribution in [0.4, 0.5) is 0 Å². The lowest BCUT2D eigenvalue weighted by Crippen LogP contribution is -1.70. The third-order valence-corrected chi connectivity index (χ3v) is 1.10. The summed E-state index contributed by atoms with van der Waals surface area (Å²) in [7, 11) is 0. The lowest BCUT2D eigenvalue weighted by Gasteiger charge is -1.86. The molecule has 0 aromatic carbocycles. The first-order valence-electron chi connectivity index (χ1n) is 2.64. The lowest BCUT2D eigenvalue weighted by molar-refractivity contribution is 1.32. The fourth-order valence-electron chi connectivity index (χ4n) is 0.561. The first-order valence-corrected chi connectivity index (χ1v) is 3.16. The molecule has 0 amide bonds. The van der Waals surface area contributed by atoms with Gasteiger partial charge in [-0.05, 0) is 23.1 Å². The Hall–Kier alpha value is -0.760. The molecule has 0 spiro atoms. The zero-order chi connectivity index (χ0) is 6.53. The van der Waals surface area contributed by atoms with Crippen LogP contribution in [0, 0.1) is 0 Å². The van der Waals surface area contributed by atoms with Crippen molar-refractivity contribution in [3.05, 3.63) is 35.5 Å². The smallest absolute Gasteiger partial charge is 0.0340 e. The molecule has 0 radical (unpaired) electrons. The van der Waals surface area contributed by atoms with Crippen LogP contribution in [0.25, 0.3) is 6.08 Å². The highest BCUT2D eigenvalue weighted by Gasteiger charge is 1.79. The van der Waals surface area contributed by atoms with Crippen LogP contribution in [-0.2, 0) is 0 Å². The Labute approximate surface area is 59.8 Å². The molecular weight excluding hydrogens is 130 g/mol. The van der Waals surface area contributed by atoms with Crippen LogP contribution in [-0.4, -0.2) is 4.98 Å². The number of aromatic nitrogens is 1. The van der Waals surface area contributed by atoms with Crippen LogP contribution in [0.2, 0.25) is 0 Å². The fraction of sp³-hybridized carbons (Fsp3) is 0. The zero-order valence-electron chi connectivity index (χ0n) is 4.86. The maximum Gasteiger partial charge on any atom is 0.0340 e. The van der Waals surface area contributed by atoms with E-state index in [0.29, 0.717) is 0 Å². The second-order valence-corrected chi connectivity index (χ2v) is 1.90. The van der Waals surface area contributed by atoms with E-state index in [4.69, 9.17) is 0 Å². The Balaban J connectivity index is 2.85. The summed E-state index contributed by atoms with van der Waals surface area (Å²) in [5, 5.41) is 1.69. The maximum atomic E-state index is 3.92. The van der Waals surface area contributed by atoms with Crippen LogP contribution in [0.1, 0.15) is 5.56 Å². The Morgan fingerprint density at radius 3 is 3.00 bits per heavy atom. The predicted octanol–water partition coefficient (Wildman–Crippen LogP) is 1.98. The van der Waals surface area contributed by atoms with E-state index in [-0.39, 0.29) is 0 Å². The third kappa shape index (κ3) is 1.90. The Morgan fingerprint density at radius 2 is 2.44 bits per heavy atom. The summed E-state index contributed by atoms with van der Waals surface area (Å²) in [5.74, 6) is 0. The fourth-order valence-corrected chi connectivity index (χ4v) is 0.733. The first kappa shape index (κ1) is 6.36. The van der Waals surface area contributed by atoms with Gasteiger partial charge in [-0.2, -0.15) is 12.6 Å². The molecule has 1 heterocycles. The van der Waals surface area contributed by atoms with E-state index in [1.54, 1.807) is 17.8 Å². The monoisotopic (exact) mass is 137 g/mol. The molecule has 0 saturated heterocycles. The third-order valence-electron chi connectivity index (χ3n) is 0.951. The molecule has 9 heavy (non-hydrogen) atoms. The second kappa shape index (κ2) is 3.30. The van der Waals surface area contributed by atoms with Crippen LogP contribution in [0.3, 0.4) is 0 Å². The normalized spacial score (nSPS) is 10.3. The summed E-state index contributed by atoms with van der Waals surface area (Å²) in [6, 6.07) is 3.86. The number of nitrogens with zero attached hydrogens (tertiary/aromatic N) is 1. The van der Waals surface area contributed by atoms with Crippen molar-refractivity contribution in [1.29, 1.82) is 0 Å². The van der Waals surface area contributed by atoms with Gasteiger partial charge in [-0.15, -0.1) is 0 Å². The van der Waals surface area contributed by atoms with Crippen LogP contribution in [0.5, 0.6) is 0 Å². The van der Waals surface area contributed by atoms with E-state index in [2.05, 4.69) is 17.6 Å². The molecule has 0 aliphatic heterocycles. The van der Waals surface area contributed by atoms with Crippen LogP contribution < -0.4 is 0 Å². The molecule has 1 aromatic heterocycles. The molecule has 1 rings (SSSR count). The zero-order valence-corrected chi connectivity index (χ0v) is 5.75. The minimum atomic E-state index is 1.08. The molecule has 0 atom stereocenters. The van der Waals surface area contributed by atoms with Gasteiger partial charge in [-0.25, -0.2) is 0 Å². The second-order valence-electron chi connectivity index (χ2n) is 1.60.